The molecule has 0 amide bonds. The van der Waals surface area contributed by atoms with Crippen molar-refractivity contribution < 1.29 is 9.13 Å². The Balaban J connectivity index is 2.19. The number of ether oxygens (including phenoxy) is 1. The minimum atomic E-state index is -0.251. The maximum absolute atomic E-state index is 14.1. The van der Waals surface area contributed by atoms with Gasteiger partial charge in [-0.2, -0.15) is 0 Å². The second-order valence-corrected chi connectivity index (χ2v) is 6.44. The van der Waals surface area contributed by atoms with Crippen LogP contribution in [0.15, 0.2) is 18.2 Å². The molecule has 0 radical (unpaired) electrons. The summed E-state index contributed by atoms with van der Waals surface area (Å²) in [5.41, 5.74) is 0.335. The van der Waals surface area contributed by atoms with E-state index in [1.54, 1.807) is 12.1 Å². The molecule has 0 aliphatic carbocycles. The molecule has 1 aliphatic heterocycles. The Hall–Kier alpha value is -0.640. The first-order valence-electron chi connectivity index (χ1n) is 7.87. The normalized spacial score (nSPS) is 24.0. The van der Waals surface area contributed by atoms with Crippen molar-refractivity contribution in [2.24, 2.45) is 0 Å². The molecule has 1 saturated heterocycles. The Kier molecular flexibility index (Phi) is 6.03. The molecule has 118 valence electrons. The third kappa shape index (κ3) is 4.18. The summed E-state index contributed by atoms with van der Waals surface area (Å²) in [7, 11) is 0. The van der Waals surface area contributed by atoms with E-state index in [1.165, 1.54) is 6.07 Å². The molecule has 0 aromatic heterocycles. The molecule has 1 aromatic carbocycles. The smallest absolute Gasteiger partial charge is 0.127 e. The third-order valence-electron chi connectivity index (χ3n) is 4.35. The highest BCUT2D eigenvalue weighted by Gasteiger charge is 2.37. The van der Waals surface area contributed by atoms with Gasteiger partial charge in [0.15, 0.2) is 0 Å². The minimum absolute atomic E-state index is 0.0761. The number of halogens is 2. The van der Waals surface area contributed by atoms with Crippen molar-refractivity contribution >= 4 is 11.6 Å². The highest BCUT2D eigenvalue weighted by molar-refractivity contribution is 6.31. The van der Waals surface area contributed by atoms with E-state index in [2.05, 4.69) is 19.2 Å². The molecule has 0 spiro atoms. The molecular formula is C17H25ClFNO. The zero-order valence-corrected chi connectivity index (χ0v) is 13.7. The molecule has 0 bridgehead atoms. The molecule has 2 rings (SSSR count). The Morgan fingerprint density at radius 3 is 2.86 bits per heavy atom. The van der Waals surface area contributed by atoms with E-state index in [-0.39, 0.29) is 17.5 Å². The second-order valence-electron chi connectivity index (χ2n) is 6.03. The maximum Gasteiger partial charge on any atom is 0.127 e. The largest absolute Gasteiger partial charge is 0.374 e. The van der Waals surface area contributed by atoms with Crippen LogP contribution in [0, 0.1) is 5.82 Å². The van der Waals surface area contributed by atoms with Gasteiger partial charge >= 0.3 is 0 Å². The zero-order valence-electron chi connectivity index (χ0n) is 12.9. The standard InChI is InChI=1S/C17H25ClFNO/c1-3-10-20-16(17(2)9-4-5-11-21-17)12-13-14(18)7-6-8-15(13)19/h6-8,16,20H,3-5,9-12H2,1-2H3. The fourth-order valence-corrected chi connectivity index (χ4v) is 3.22. The van der Waals surface area contributed by atoms with E-state index in [0.29, 0.717) is 17.0 Å². The highest BCUT2D eigenvalue weighted by atomic mass is 35.5. The molecular weight excluding hydrogens is 289 g/mol. The van der Waals surface area contributed by atoms with Crippen LogP contribution in [0.3, 0.4) is 0 Å². The van der Waals surface area contributed by atoms with Crippen molar-refractivity contribution in [2.45, 2.75) is 57.6 Å². The fraction of sp³-hybridized carbons (Fsp3) is 0.647. The summed E-state index contributed by atoms with van der Waals surface area (Å²) < 4.78 is 20.1. The lowest BCUT2D eigenvalue weighted by Gasteiger charge is -2.41. The Morgan fingerprint density at radius 2 is 2.24 bits per heavy atom. The van der Waals surface area contributed by atoms with Gasteiger partial charge in [-0.25, -0.2) is 4.39 Å². The van der Waals surface area contributed by atoms with Gasteiger partial charge in [0, 0.05) is 23.2 Å². The van der Waals surface area contributed by atoms with E-state index in [9.17, 15) is 4.39 Å². The summed E-state index contributed by atoms with van der Waals surface area (Å²) in [6.07, 6.45) is 4.86. The molecule has 1 aliphatic rings. The molecule has 2 unspecified atom stereocenters. The van der Waals surface area contributed by atoms with Crippen molar-refractivity contribution in [1.82, 2.24) is 5.32 Å². The first-order valence-corrected chi connectivity index (χ1v) is 8.25. The van der Waals surface area contributed by atoms with E-state index in [4.69, 9.17) is 16.3 Å². The van der Waals surface area contributed by atoms with Crippen LogP contribution in [0.25, 0.3) is 0 Å². The lowest BCUT2D eigenvalue weighted by Crippen LogP contribution is -2.53. The Bertz CT molecular complexity index is 440. The van der Waals surface area contributed by atoms with Crippen molar-refractivity contribution in [3.63, 3.8) is 0 Å². The summed E-state index contributed by atoms with van der Waals surface area (Å²) in [6.45, 7) is 5.94. The van der Waals surface area contributed by atoms with Gasteiger partial charge in [0.1, 0.15) is 5.82 Å². The van der Waals surface area contributed by atoms with Gasteiger partial charge in [0.25, 0.3) is 0 Å². The highest BCUT2D eigenvalue weighted by Crippen LogP contribution is 2.31. The Morgan fingerprint density at radius 1 is 1.43 bits per heavy atom. The van der Waals surface area contributed by atoms with Gasteiger partial charge in [-0.1, -0.05) is 24.6 Å². The molecule has 1 fully saturated rings. The van der Waals surface area contributed by atoms with E-state index >= 15 is 0 Å². The van der Waals surface area contributed by atoms with Gasteiger partial charge in [-0.3, -0.25) is 0 Å². The van der Waals surface area contributed by atoms with Crippen LogP contribution in [-0.4, -0.2) is 24.8 Å². The third-order valence-corrected chi connectivity index (χ3v) is 4.70. The molecule has 4 heteroatoms. The molecule has 1 aromatic rings. The number of hydrogen-bond donors (Lipinski definition) is 1. The number of hydrogen-bond acceptors (Lipinski definition) is 2. The van der Waals surface area contributed by atoms with E-state index in [1.807, 2.05) is 0 Å². The summed E-state index contributed by atoms with van der Waals surface area (Å²) in [5.74, 6) is -0.231. The van der Waals surface area contributed by atoms with Crippen LogP contribution >= 0.6 is 11.6 Å². The van der Waals surface area contributed by atoms with Crippen molar-refractivity contribution in [2.75, 3.05) is 13.2 Å². The van der Waals surface area contributed by atoms with Crippen molar-refractivity contribution in [1.29, 1.82) is 0 Å². The van der Waals surface area contributed by atoms with Crippen LogP contribution in [0.4, 0.5) is 4.39 Å². The summed E-state index contributed by atoms with van der Waals surface area (Å²) >= 11 is 6.18. The van der Waals surface area contributed by atoms with E-state index in [0.717, 1.165) is 38.8 Å². The summed E-state index contributed by atoms with van der Waals surface area (Å²) in [5, 5.41) is 4.03. The molecule has 2 atom stereocenters. The van der Waals surface area contributed by atoms with Gasteiger partial charge in [0.05, 0.1) is 5.60 Å². The predicted molar refractivity (Wildman–Crippen MR) is 85.4 cm³/mol. The first-order chi connectivity index (χ1) is 10.1. The zero-order chi connectivity index (χ0) is 15.3. The van der Waals surface area contributed by atoms with Gasteiger partial charge in [-0.15, -0.1) is 0 Å². The van der Waals surface area contributed by atoms with Crippen LogP contribution in [0.1, 0.15) is 45.1 Å². The average molecular weight is 314 g/mol. The van der Waals surface area contributed by atoms with E-state index < -0.39 is 0 Å². The van der Waals surface area contributed by atoms with Crippen LogP contribution in [0.5, 0.6) is 0 Å². The monoisotopic (exact) mass is 313 g/mol. The lowest BCUT2D eigenvalue weighted by molar-refractivity contribution is -0.0884. The Labute approximate surface area is 132 Å². The molecule has 1 heterocycles. The molecule has 0 saturated carbocycles. The molecule has 1 N–H and O–H groups in total. The van der Waals surface area contributed by atoms with Crippen LogP contribution in [0.2, 0.25) is 5.02 Å². The molecule has 21 heavy (non-hydrogen) atoms. The SMILES string of the molecule is CCCNC(Cc1c(F)cccc1Cl)C1(C)CCCCO1. The van der Waals surface area contributed by atoms with Crippen molar-refractivity contribution in [3.8, 4) is 0 Å². The van der Waals surface area contributed by atoms with Crippen LogP contribution < -0.4 is 5.32 Å². The number of rotatable bonds is 6. The quantitative estimate of drug-likeness (QED) is 0.843. The fourth-order valence-electron chi connectivity index (χ4n) is 2.98. The summed E-state index contributed by atoms with van der Waals surface area (Å²) in [6, 6.07) is 4.95. The predicted octanol–water partition coefficient (Wildman–Crippen LogP) is 4.35. The summed E-state index contributed by atoms with van der Waals surface area (Å²) in [4.78, 5) is 0. The topological polar surface area (TPSA) is 21.3 Å². The molecule has 2 nitrogen and oxygen atoms in total. The van der Waals surface area contributed by atoms with Gasteiger partial charge in [0.2, 0.25) is 0 Å². The lowest BCUT2D eigenvalue weighted by atomic mass is 9.84. The van der Waals surface area contributed by atoms with Gasteiger partial charge in [-0.05, 0) is 57.7 Å². The van der Waals surface area contributed by atoms with Crippen molar-refractivity contribution in [3.05, 3.63) is 34.6 Å². The second kappa shape index (κ2) is 7.57. The minimum Gasteiger partial charge on any atom is -0.374 e. The van der Waals surface area contributed by atoms with Crippen LogP contribution in [-0.2, 0) is 11.2 Å². The average Bonchev–Trinajstić information content (AvgIpc) is 2.46. The number of nitrogens with one attached hydrogen (secondary N) is 1. The number of benzene rings is 1. The first kappa shape index (κ1) is 16.7. The van der Waals surface area contributed by atoms with Gasteiger partial charge < -0.3 is 10.1 Å². The maximum atomic E-state index is 14.1.